The Morgan fingerprint density at radius 1 is 1.06 bits per heavy atom. The summed E-state index contributed by atoms with van der Waals surface area (Å²) in [4.78, 5) is 11.4. The monoisotopic (exact) mass is 413 g/mol. The lowest BCUT2D eigenvalue weighted by atomic mass is 10.00. The van der Waals surface area contributed by atoms with Crippen molar-refractivity contribution in [2.45, 2.75) is 19.5 Å². The standard InChI is InChI=1S/C24H23N5O2/c1-30-21-8-4-7-19(13-21)23-27-24(31-28-23)26-15-17-9-10-22(25-14-17)29-12-11-18-5-2-3-6-20(18)16-29/h2-10,13-14H,11-12,15-16H2,1H3,(H,26,27,28). The average Bonchev–Trinajstić information content (AvgIpc) is 3.32. The van der Waals surface area contributed by atoms with Gasteiger partial charge in [0.25, 0.3) is 0 Å². The number of nitrogens with one attached hydrogen (secondary N) is 1. The number of ether oxygens (including phenoxy) is 1. The Hall–Kier alpha value is -3.87. The highest BCUT2D eigenvalue weighted by Gasteiger charge is 2.17. The fourth-order valence-electron chi connectivity index (χ4n) is 3.75. The van der Waals surface area contributed by atoms with Crippen molar-refractivity contribution in [2.24, 2.45) is 0 Å². The normalized spacial score (nSPS) is 13.0. The van der Waals surface area contributed by atoms with Crippen LogP contribution in [0.25, 0.3) is 11.4 Å². The smallest absolute Gasteiger partial charge is 0.322 e. The second kappa shape index (κ2) is 8.47. The molecule has 2 aromatic carbocycles. The van der Waals surface area contributed by atoms with Crippen molar-refractivity contribution in [1.82, 2.24) is 15.1 Å². The molecule has 5 rings (SSSR count). The van der Waals surface area contributed by atoms with Crippen molar-refractivity contribution in [3.8, 4) is 17.1 Å². The van der Waals surface area contributed by atoms with Gasteiger partial charge in [-0.05, 0) is 41.3 Å². The summed E-state index contributed by atoms with van der Waals surface area (Å²) in [6.45, 7) is 2.43. The van der Waals surface area contributed by atoms with Gasteiger partial charge in [-0.25, -0.2) is 4.98 Å². The minimum atomic E-state index is 0.370. The lowest BCUT2D eigenvalue weighted by Gasteiger charge is -2.29. The Labute approximate surface area is 180 Å². The van der Waals surface area contributed by atoms with E-state index in [9.17, 15) is 0 Å². The first-order chi connectivity index (χ1) is 15.3. The molecule has 0 fully saturated rings. The Morgan fingerprint density at radius 3 is 2.81 bits per heavy atom. The zero-order valence-corrected chi connectivity index (χ0v) is 17.3. The van der Waals surface area contributed by atoms with Crippen LogP contribution in [0, 0.1) is 0 Å². The molecule has 0 amide bonds. The molecule has 0 aliphatic carbocycles. The highest BCUT2D eigenvalue weighted by molar-refractivity contribution is 5.58. The van der Waals surface area contributed by atoms with E-state index in [0.29, 0.717) is 18.4 Å². The summed E-state index contributed by atoms with van der Waals surface area (Å²) in [5, 5.41) is 7.21. The third kappa shape index (κ3) is 4.21. The molecule has 1 aliphatic heterocycles. The molecule has 1 aliphatic rings. The van der Waals surface area contributed by atoms with Crippen LogP contribution in [-0.4, -0.2) is 28.8 Å². The summed E-state index contributed by atoms with van der Waals surface area (Å²) in [7, 11) is 1.63. The van der Waals surface area contributed by atoms with Gasteiger partial charge in [0.2, 0.25) is 5.82 Å². The van der Waals surface area contributed by atoms with E-state index in [2.05, 4.69) is 61.7 Å². The summed E-state index contributed by atoms with van der Waals surface area (Å²) in [5.41, 5.74) is 4.70. The fraction of sp³-hybridized carbons (Fsp3) is 0.208. The van der Waals surface area contributed by atoms with Gasteiger partial charge in [-0.15, -0.1) is 0 Å². The van der Waals surface area contributed by atoms with E-state index >= 15 is 0 Å². The van der Waals surface area contributed by atoms with Crippen molar-refractivity contribution in [3.63, 3.8) is 0 Å². The first-order valence-electron chi connectivity index (χ1n) is 10.3. The summed E-state index contributed by atoms with van der Waals surface area (Å²) < 4.78 is 10.6. The zero-order valence-electron chi connectivity index (χ0n) is 17.3. The van der Waals surface area contributed by atoms with Crippen molar-refractivity contribution in [2.75, 3.05) is 23.9 Å². The molecule has 4 aromatic rings. The van der Waals surface area contributed by atoms with Gasteiger partial charge in [0.1, 0.15) is 11.6 Å². The number of methoxy groups -OCH3 is 1. The first-order valence-corrected chi connectivity index (χ1v) is 10.3. The minimum Gasteiger partial charge on any atom is -0.497 e. The zero-order chi connectivity index (χ0) is 21.0. The molecule has 1 N–H and O–H groups in total. The van der Waals surface area contributed by atoms with Gasteiger partial charge in [0.05, 0.1) is 7.11 Å². The Morgan fingerprint density at radius 2 is 1.97 bits per heavy atom. The predicted octanol–water partition coefficient (Wildman–Crippen LogP) is 4.32. The maximum absolute atomic E-state index is 5.32. The highest BCUT2D eigenvalue weighted by Crippen LogP contribution is 2.24. The van der Waals surface area contributed by atoms with Gasteiger partial charge in [0, 0.05) is 31.4 Å². The summed E-state index contributed by atoms with van der Waals surface area (Å²) in [6, 6.07) is 20.7. The van der Waals surface area contributed by atoms with Crippen molar-refractivity contribution in [3.05, 3.63) is 83.6 Å². The SMILES string of the molecule is COc1cccc(-c2noc(NCc3ccc(N4CCc5ccccc5C4)nc3)n2)c1. The lowest BCUT2D eigenvalue weighted by Crippen LogP contribution is -2.30. The average molecular weight is 413 g/mol. The van der Waals surface area contributed by atoms with Crippen LogP contribution in [0.1, 0.15) is 16.7 Å². The molecule has 0 bridgehead atoms. The third-order valence-corrected chi connectivity index (χ3v) is 5.46. The van der Waals surface area contributed by atoms with Crippen molar-refractivity contribution in [1.29, 1.82) is 0 Å². The van der Waals surface area contributed by atoms with Crippen LogP contribution in [0.5, 0.6) is 5.75 Å². The van der Waals surface area contributed by atoms with Crippen LogP contribution in [0.2, 0.25) is 0 Å². The molecule has 0 spiro atoms. The number of fused-ring (bicyclic) bond motifs is 1. The van der Waals surface area contributed by atoms with Crippen molar-refractivity contribution >= 4 is 11.8 Å². The summed E-state index contributed by atoms with van der Waals surface area (Å²) >= 11 is 0. The quantitative estimate of drug-likeness (QED) is 0.505. The second-order valence-electron chi connectivity index (χ2n) is 7.47. The summed E-state index contributed by atoms with van der Waals surface area (Å²) in [5.74, 6) is 2.26. The van der Waals surface area contributed by atoms with Gasteiger partial charge < -0.3 is 19.5 Å². The Bertz CT molecular complexity index is 1170. The van der Waals surface area contributed by atoms with E-state index in [0.717, 1.165) is 42.2 Å². The molecule has 7 heteroatoms. The molecule has 0 unspecified atom stereocenters. The molecule has 7 nitrogen and oxygen atoms in total. The number of hydrogen-bond acceptors (Lipinski definition) is 7. The van der Waals surface area contributed by atoms with Crippen LogP contribution in [-0.2, 0) is 19.5 Å². The van der Waals surface area contributed by atoms with Crippen LogP contribution in [0.15, 0.2) is 71.4 Å². The van der Waals surface area contributed by atoms with E-state index < -0.39 is 0 Å². The number of pyridine rings is 1. The third-order valence-electron chi connectivity index (χ3n) is 5.46. The molecule has 2 aromatic heterocycles. The van der Waals surface area contributed by atoms with Gasteiger partial charge in [-0.2, -0.15) is 4.98 Å². The van der Waals surface area contributed by atoms with Gasteiger partial charge in [-0.3, -0.25) is 0 Å². The minimum absolute atomic E-state index is 0.370. The molecule has 0 radical (unpaired) electrons. The van der Waals surface area contributed by atoms with Crippen LogP contribution in [0.4, 0.5) is 11.8 Å². The summed E-state index contributed by atoms with van der Waals surface area (Å²) in [6.07, 6.45) is 2.94. The molecular weight excluding hydrogens is 390 g/mol. The van der Waals surface area contributed by atoms with E-state index in [1.165, 1.54) is 11.1 Å². The number of anilines is 2. The van der Waals surface area contributed by atoms with Crippen molar-refractivity contribution < 1.29 is 9.26 Å². The van der Waals surface area contributed by atoms with Crippen LogP contribution >= 0.6 is 0 Å². The van der Waals surface area contributed by atoms with Gasteiger partial charge in [-0.1, -0.05) is 47.6 Å². The number of nitrogens with zero attached hydrogens (tertiary/aromatic N) is 4. The van der Waals surface area contributed by atoms with E-state index in [4.69, 9.17) is 9.26 Å². The predicted molar refractivity (Wildman–Crippen MR) is 119 cm³/mol. The van der Waals surface area contributed by atoms with Crippen LogP contribution in [0.3, 0.4) is 0 Å². The van der Waals surface area contributed by atoms with E-state index in [-0.39, 0.29) is 0 Å². The Kier molecular flexibility index (Phi) is 5.22. The maximum Gasteiger partial charge on any atom is 0.322 e. The first kappa shape index (κ1) is 19.1. The molecule has 0 saturated carbocycles. The number of benzene rings is 2. The number of aromatic nitrogens is 3. The largest absolute Gasteiger partial charge is 0.497 e. The maximum atomic E-state index is 5.32. The van der Waals surface area contributed by atoms with E-state index in [1.54, 1.807) is 7.11 Å². The molecule has 3 heterocycles. The molecule has 156 valence electrons. The van der Waals surface area contributed by atoms with Gasteiger partial charge >= 0.3 is 6.01 Å². The fourth-order valence-corrected chi connectivity index (χ4v) is 3.75. The molecule has 0 saturated heterocycles. The number of hydrogen-bond donors (Lipinski definition) is 1. The topological polar surface area (TPSA) is 76.3 Å². The van der Waals surface area contributed by atoms with E-state index in [1.807, 2.05) is 30.5 Å². The molecule has 31 heavy (non-hydrogen) atoms. The number of rotatable bonds is 6. The second-order valence-corrected chi connectivity index (χ2v) is 7.47. The van der Waals surface area contributed by atoms with Crippen LogP contribution < -0.4 is 15.0 Å². The highest BCUT2D eigenvalue weighted by atomic mass is 16.5. The molecular formula is C24H23N5O2. The van der Waals surface area contributed by atoms with Gasteiger partial charge in [0.15, 0.2) is 0 Å². The Balaban J connectivity index is 1.21. The lowest BCUT2D eigenvalue weighted by molar-refractivity contribution is 0.414. The molecule has 0 atom stereocenters.